The molecule has 2 unspecified atom stereocenters. The zero-order valence-corrected chi connectivity index (χ0v) is 11.7. The first-order chi connectivity index (χ1) is 6.90. The standard InChI is InChI=1S/C9H12O2S4/c1-5(12)7-3-4-14-9(15-7,6(2)13)8(10)11/h7H,3-4H2,1-2H3,(H,10,11). The van der Waals surface area contributed by atoms with E-state index in [1.54, 1.807) is 6.92 Å². The first kappa shape index (κ1) is 13.4. The second-order valence-electron chi connectivity index (χ2n) is 3.33. The summed E-state index contributed by atoms with van der Waals surface area (Å²) in [6.07, 6.45) is 0.933. The molecule has 0 bridgehead atoms. The molecule has 0 aromatic heterocycles. The highest BCUT2D eigenvalue weighted by Gasteiger charge is 2.47. The second kappa shape index (κ2) is 5.12. The third-order valence-corrected chi connectivity index (χ3v) is 6.85. The lowest BCUT2D eigenvalue weighted by Crippen LogP contribution is -2.43. The summed E-state index contributed by atoms with van der Waals surface area (Å²) in [5.41, 5.74) is 0. The minimum atomic E-state index is -0.974. The number of carboxylic acids is 1. The molecule has 1 aliphatic heterocycles. The van der Waals surface area contributed by atoms with E-state index in [0.717, 1.165) is 17.0 Å². The van der Waals surface area contributed by atoms with Crippen molar-refractivity contribution in [1.82, 2.24) is 0 Å². The molecule has 0 aromatic carbocycles. The summed E-state index contributed by atoms with van der Waals surface area (Å²) in [4.78, 5) is 12.7. The fraction of sp³-hybridized carbons (Fsp3) is 0.667. The normalized spacial score (nSPS) is 30.9. The molecule has 1 rings (SSSR count). The van der Waals surface area contributed by atoms with Crippen molar-refractivity contribution in [2.75, 3.05) is 5.75 Å². The summed E-state index contributed by atoms with van der Waals surface area (Å²) in [5.74, 6) is -0.0581. The zero-order chi connectivity index (χ0) is 11.6. The van der Waals surface area contributed by atoms with Crippen LogP contribution in [0.3, 0.4) is 0 Å². The van der Waals surface area contributed by atoms with Gasteiger partial charge in [-0.2, -0.15) is 0 Å². The maximum Gasteiger partial charge on any atom is 0.335 e. The molecule has 84 valence electrons. The van der Waals surface area contributed by atoms with Crippen LogP contribution in [0, 0.1) is 0 Å². The van der Waals surface area contributed by atoms with Crippen LogP contribution in [0.5, 0.6) is 0 Å². The summed E-state index contributed by atoms with van der Waals surface area (Å²) in [6, 6.07) is 0. The Kier molecular flexibility index (Phi) is 4.58. The van der Waals surface area contributed by atoms with Crippen LogP contribution in [0.25, 0.3) is 0 Å². The van der Waals surface area contributed by atoms with E-state index in [4.69, 9.17) is 24.4 Å². The highest BCUT2D eigenvalue weighted by atomic mass is 32.2. The van der Waals surface area contributed by atoms with Crippen LogP contribution in [0.15, 0.2) is 0 Å². The molecule has 0 aliphatic carbocycles. The number of thioether (sulfide) groups is 2. The van der Waals surface area contributed by atoms with Gasteiger partial charge in [0.1, 0.15) is 0 Å². The van der Waals surface area contributed by atoms with Gasteiger partial charge in [-0.25, -0.2) is 4.79 Å². The Morgan fingerprint density at radius 2 is 2.07 bits per heavy atom. The SMILES string of the molecule is CC(=S)C1CCSC(C(=O)O)(C(C)=S)S1. The third-order valence-electron chi connectivity index (χ3n) is 2.19. The van der Waals surface area contributed by atoms with Crippen LogP contribution < -0.4 is 0 Å². The molecule has 1 heterocycles. The van der Waals surface area contributed by atoms with E-state index in [0.29, 0.717) is 4.86 Å². The molecule has 0 spiro atoms. The average molecular weight is 280 g/mol. The van der Waals surface area contributed by atoms with Gasteiger partial charge in [0.25, 0.3) is 0 Å². The Labute approximate surface area is 109 Å². The minimum absolute atomic E-state index is 0.134. The van der Waals surface area contributed by atoms with E-state index in [1.807, 2.05) is 6.92 Å². The van der Waals surface area contributed by atoms with Crippen LogP contribution in [-0.4, -0.2) is 35.9 Å². The van der Waals surface area contributed by atoms with E-state index in [9.17, 15) is 9.90 Å². The number of rotatable bonds is 3. The predicted octanol–water partition coefficient (Wildman–Crippen LogP) is 2.79. The highest BCUT2D eigenvalue weighted by molar-refractivity contribution is 8.22. The fourth-order valence-corrected chi connectivity index (χ4v) is 5.06. The van der Waals surface area contributed by atoms with E-state index >= 15 is 0 Å². The quantitative estimate of drug-likeness (QED) is 0.801. The average Bonchev–Trinajstić information content (AvgIpc) is 2.17. The summed E-state index contributed by atoms with van der Waals surface area (Å²) in [7, 11) is 0. The summed E-state index contributed by atoms with van der Waals surface area (Å²) in [6.45, 7) is 3.57. The molecule has 0 radical (unpaired) electrons. The lowest BCUT2D eigenvalue weighted by molar-refractivity contribution is -0.135. The Bertz CT molecular complexity index is 299. The van der Waals surface area contributed by atoms with Gasteiger partial charge in [0.2, 0.25) is 0 Å². The van der Waals surface area contributed by atoms with Gasteiger partial charge < -0.3 is 5.11 Å². The van der Waals surface area contributed by atoms with Crippen LogP contribution in [0.1, 0.15) is 20.3 Å². The van der Waals surface area contributed by atoms with Gasteiger partial charge in [-0.15, -0.1) is 23.5 Å². The molecule has 1 N–H and O–H groups in total. The number of carboxylic acid groups (broad SMARTS) is 1. The van der Waals surface area contributed by atoms with E-state index in [-0.39, 0.29) is 5.25 Å². The zero-order valence-electron chi connectivity index (χ0n) is 8.48. The lowest BCUT2D eigenvalue weighted by Gasteiger charge is -2.35. The van der Waals surface area contributed by atoms with Crippen LogP contribution in [0.2, 0.25) is 0 Å². The van der Waals surface area contributed by atoms with Gasteiger partial charge in [-0.05, 0) is 26.0 Å². The topological polar surface area (TPSA) is 37.3 Å². The minimum Gasteiger partial charge on any atom is -0.479 e. The van der Waals surface area contributed by atoms with Gasteiger partial charge in [0, 0.05) is 15.0 Å². The first-order valence-electron chi connectivity index (χ1n) is 4.47. The Balaban J connectivity index is 2.95. The molecule has 0 saturated carbocycles. The number of carbonyl (C=O) groups is 1. The van der Waals surface area contributed by atoms with Crippen LogP contribution in [-0.2, 0) is 4.79 Å². The second-order valence-corrected chi connectivity index (χ2v) is 7.57. The Morgan fingerprint density at radius 3 is 2.47 bits per heavy atom. The lowest BCUT2D eigenvalue weighted by atomic mass is 10.2. The molecule has 0 amide bonds. The molecule has 2 nitrogen and oxygen atoms in total. The van der Waals surface area contributed by atoms with Crippen LogP contribution in [0.4, 0.5) is 0 Å². The van der Waals surface area contributed by atoms with E-state index in [2.05, 4.69) is 0 Å². The largest absolute Gasteiger partial charge is 0.479 e. The highest BCUT2D eigenvalue weighted by Crippen LogP contribution is 2.47. The maximum atomic E-state index is 11.3. The number of hydrogen-bond acceptors (Lipinski definition) is 5. The number of aliphatic carboxylic acids is 1. The third kappa shape index (κ3) is 2.72. The van der Waals surface area contributed by atoms with Crippen molar-refractivity contribution in [3.05, 3.63) is 0 Å². The van der Waals surface area contributed by atoms with Crippen molar-refractivity contribution in [3.8, 4) is 0 Å². The first-order valence-corrected chi connectivity index (χ1v) is 7.15. The summed E-state index contributed by atoms with van der Waals surface area (Å²) in [5, 5.41) is 9.42. The van der Waals surface area contributed by atoms with Crippen molar-refractivity contribution in [1.29, 1.82) is 0 Å². The molecule has 1 fully saturated rings. The number of hydrogen-bond donors (Lipinski definition) is 1. The molecular formula is C9H12O2S4. The predicted molar refractivity (Wildman–Crippen MR) is 75.4 cm³/mol. The summed E-state index contributed by atoms with van der Waals surface area (Å²) < 4.78 is -0.974. The molecule has 1 aliphatic rings. The Hall–Kier alpha value is 0.350. The molecule has 15 heavy (non-hydrogen) atoms. The van der Waals surface area contributed by atoms with E-state index in [1.165, 1.54) is 23.5 Å². The fourth-order valence-electron chi connectivity index (χ4n) is 1.34. The number of thiocarbonyl (C=S) groups is 2. The van der Waals surface area contributed by atoms with Gasteiger partial charge in [0.05, 0.1) is 0 Å². The van der Waals surface area contributed by atoms with E-state index < -0.39 is 10.0 Å². The van der Waals surface area contributed by atoms with Crippen molar-refractivity contribution in [2.24, 2.45) is 0 Å². The Morgan fingerprint density at radius 1 is 1.47 bits per heavy atom. The maximum absolute atomic E-state index is 11.3. The molecule has 1 saturated heterocycles. The van der Waals surface area contributed by atoms with Crippen molar-refractivity contribution < 1.29 is 9.90 Å². The van der Waals surface area contributed by atoms with Crippen molar-refractivity contribution in [3.63, 3.8) is 0 Å². The molecule has 0 aromatic rings. The molecular weight excluding hydrogens is 268 g/mol. The van der Waals surface area contributed by atoms with Crippen molar-refractivity contribution in [2.45, 2.75) is 29.6 Å². The van der Waals surface area contributed by atoms with Gasteiger partial charge in [-0.3, -0.25) is 0 Å². The van der Waals surface area contributed by atoms with Gasteiger partial charge >= 0.3 is 5.97 Å². The molecule has 6 heteroatoms. The van der Waals surface area contributed by atoms with Crippen molar-refractivity contribution >= 4 is 63.7 Å². The molecule has 2 atom stereocenters. The summed E-state index contributed by atoms with van der Waals surface area (Å²) >= 11 is 13.0. The van der Waals surface area contributed by atoms with Gasteiger partial charge in [0.15, 0.2) is 4.08 Å². The smallest absolute Gasteiger partial charge is 0.335 e. The monoisotopic (exact) mass is 280 g/mol. The van der Waals surface area contributed by atoms with Gasteiger partial charge in [-0.1, -0.05) is 24.4 Å². The van der Waals surface area contributed by atoms with Crippen LogP contribution >= 0.6 is 48.0 Å².